The second-order valence-corrected chi connectivity index (χ2v) is 6.52. The predicted octanol–water partition coefficient (Wildman–Crippen LogP) is 1.26. The predicted molar refractivity (Wildman–Crippen MR) is 87.5 cm³/mol. The number of urea groups is 1. The summed E-state index contributed by atoms with van der Waals surface area (Å²) in [6.45, 7) is 0.641. The number of nitrogens with one attached hydrogen (secondary N) is 2. The van der Waals surface area contributed by atoms with E-state index < -0.39 is 17.5 Å². The lowest BCUT2D eigenvalue weighted by molar-refractivity contribution is -0.133. The van der Waals surface area contributed by atoms with Crippen molar-refractivity contribution in [2.75, 3.05) is 25.1 Å². The second kappa shape index (κ2) is 5.94. The first kappa shape index (κ1) is 15.7. The Morgan fingerprint density at radius 3 is 2.64 bits per heavy atom. The summed E-state index contributed by atoms with van der Waals surface area (Å²) in [5.41, 5.74) is -0.272. The molecule has 2 N–H and O–H groups in total. The minimum Gasteiger partial charge on any atom is -0.486 e. The fraction of sp³-hybridized carbons (Fsp3) is 0.471. The minimum atomic E-state index is -0.797. The normalized spacial score (nSPS) is 20.7. The van der Waals surface area contributed by atoms with Crippen molar-refractivity contribution < 1.29 is 23.9 Å². The zero-order valence-electron chi connectivity index (χ0n) is 13.7. The lowest BCUT2D eigenvalue weighted by atomic mass is 9.98. The van der Waals surface area contributed by atoms with Crippen LogP contribution in [0.2, 0.25) is 0 Å². The van der Waals surface area contributed by atoms with Gasteiger partial charge in [0.2, 0.25) is 5.91 Å². The molecule has 0 atom stereocenters. The van der Waals surface area contributed by atoms with Gasteiger partial charge in [-0.3, -0.25) is 14.5 Å². The molecule has 8 heteroatoms. The molecular formula is C17H19N3O5. The Labute approximate surface area is 144 Å². The van der Waals surface area contributed by atoms with Crippen LogP contribution in [0.15, 0.2) is 18.2 Å². The molecule has 1 spiro atoms. The van der Waals surface area contributed by atoms with E-state index in [1.165, 1.54) is 0 Å². The third kappa shape index (κ3) is 2.77. The zero-order chi connectivity index (χ0) is 17.4. The summed E-state index contributed by atoms with van der Waals surface area (Å²) in [4.78, 5) is 37.9. The monoisotopic (exact) mass is 345 g/mol. The Hall–Kier alpha value is -2.77. The van der Waals surface area contributed by atoms with Crippen molar-refractivity contribution in [2.24, 2.45) is 0 Å². The van der Waals surface area contributed by atoms with Crippen LogP contribution in [0.25, 0.3) is 0 Å². The number of benzene rings is 1. The quantitative estimate of drug-likeness (QED) is 0.804. The molecule has 132 valence electrons. The number of anilines is 1. The van der Waals surface area contributed by atoms with Crippen LogP contribution in [0.1, 0.15) is 25.7 Å². The highest BCUT2D eigenvalue weighted by Gasteiger charge is 2.52. The number of hydrogen-bond donors (Lipinski definition) is 2. The molecule has 1 aliphatic carbocycles. The summed E-state index contributed by atoms with van der Waals surface area (Å²) in [6, 6.07) is 4.57. The molecule has 1 saturated carbocycles. The van der Waals surface area contributed by atoms with E-state index in [4.69, 9.17) is 9.47 Å². The van der Waals surface area contributed by atoms with Gasteiger partial charge < -0.3 is 20.1 Å². The molecule has 1 saturated heterocycles. The van der Waals surface area contributed by atoms with Crippen molar-refractivity contribution in [3.63, 3.8) is 0 Å². The minimum absolute atomic E-state index is 0.299. The van der Waals surface area contributed by atoms with E-state index in [2.05, 4.69) is 10.6 Å². The summed E-state index contributed by atoms with van der Waals surface area (Å²) in [5.74, 6) is 0.452. The van der Waals surface area contributed by atoms with Crippen molar-refractivity contribution >= 4 is 23.5 Å². The molecule has 2 fully saturated rings. The van der Waals surface area contributed by atoms with Crippen molar-refractivity contribution in [3.8, 4) is 11.5 Å². The lowest BCUT2D eigenvalue weighted by Gasteiger charge is -2.20. The first-order chi connectivity index (χ1) is 12.1. The summed E-state index contributed by atoms with van der Waals surface area (Å²) >= 11 is 0. The molecule has 8 nitrogen and oxygen atoms in total. The molecule has 3 aliphatic rings. The summed E-state index contributed by atoms with van der Waals surface area (Å²) in [6.07, 6.45) is 3.09. The molecule has 0 radical (unpaired) electrons. The van der Waals surface area contributed by atoms with E-state index >= 15 is 0 Å². The van der Waals surface area contributed by atoms with Crippen LogP contribution in [0.3, 0.4) is 0 Å². The first-order valence-corrected chi connectivity index (χ1v) is 8.41. The van der Waals surface area contributed by atoms with Gasteiger partial charge in [-0.25, -0.2) is 4.79 Å². The SMILES string of the molecule is O=C(CN1C(=O)NC2(CCCC2)C1=O)Nc1ccc2c(c1)OCCO2. The topological polar surface area (TPSA) is 97.0 Å². The van der Waals surface area contributed by atoms with Crippen LogP contribution in [0.5, 0.6) is 11.5 Å². The summed E-state index contributed by atoms with van der Waals surface area (Å²) in [5, 5.41) is 5.45. The van der Waals surface area contributed by atoms with Gasteiger partial charge >= 0.3 is 6.03 Å². The standard InChI is InChI=1S/C17H19N3O5/c21-14(18-11-3-4-12-13(9-11)25-8-7-24-12)10-20-15(22)17(19-16(20)23)5-1-2-6-17/h3-4,9H,1-2,5-8,10H2,(H,18,21)(H,19,23). The molecule has 0 bridgehead atoms. The van der Waals surface area contributed by atoms with E-state index in [1.807, 2.05) is 0 Å². The van der Waals surface area contributed by atoms with Gasteiger partial charge in [0, 0.05) is 11.8 Å². The van der Waals surface area contributed by atoms with Gasteiger partial charge in [-0.15, -0.1) is 0 Å². The number of carbonyl (C=O) groups excluding carboxylic acids is 3. The maximum absolute atomic E-state index is 12.5. The van der Waals surface area contributed by atoms with Crippen LogP contribution >= 0.6 is 0 Å². The third-order valence-electron chi connectivity index (χ3n) is 4.83. The average molecular weight is 345 g/mol. The van der Waals surface area contributed by atoms with Crippen LogP contribution in [-0.4, -0.2) is 48.0 Å². The molecule has 2 aliphatic heterocycles. The Morgan fingerprint density at radius 1 is 1.16 bits per heavy atom. The number of rotatable bonds is 3. The molecular weight excluding hydrogens is 326 g/mol. The van der Waals surface area contributed by atoms with Gasteiger partial charge in [0.25, 0.3) is 5.91 Å². The van der Waals surface area contributed by atoms with Crippen molar-refractivity contribution in [2.45, 2.75) is 31.2 Å². The zero-order valence-corrected chi connectivity index (χ0v) is 13.7. The number of nitrogens with zero attached hydrogens (tertiary/aromatic N) is 1. The van der Waals surface area contributed by atoms with Crippen LogP contribution < -0.4 is 20.1 Å². The first-order valence-electron chi connectivity index (χ1n) is 8.41. The largest absolute Gasteiger partial charge is 0.486 e. The Balaban J connectivity index is 1.42. The van der Waals surface area contributed by atoms with Crippen molar-refractivity contribution in [1.29, 1.82) is 0 Å². The maximum Gasteiger partial charge on any atom is 0.325 e. The van der Waals surface area contributed by atoms with Crippen molar-refractivity contribution in [3.05, 3.63) is 18.2 Å². The van der Waals surface area contributed by atoms with E-state index in [0.29, 0.717) is 43.2 Å². The van der Waals surface area contributed by atoms with Crippen LogP contribution in [0, 0.1) is 0 Å². The highest BCUT2D eigenvalue weighted by Crippen LogP contribution is 2.35. The highest BCUT2D eigenvalue weighted by atomic mass is 16.6. The smallest absolute Gasteiger partial charge is 0.325 e. The molecule has 4 amide bonds. The molecule has 1 aromatic rings. The Morgan fingerprint density at radius 2 is 1.88 bits per heavy atom. The number of ether oxygens (including phenoxy) is 2. The molecule has 1 aromatic carbocycles. The third-order valence-corrected chi connectivity index (χ3v) is 4.83. The van der Waals surface area contributed by atoms with Gasteiger partial charge in [0.15, 0.2) is 11.5 Å². The van der Waals surface area contributed by atoms with Crippen LogP contribution in [-0.2, 0) is 9.59 Å². The highest BCUT2D eigenvalue weighted by molar-refractivity contribution is 6.10. The number of carbonyl (C=O) groups is 3. The van der Waals surface area contributed by atoms with Gasteiger partial charge in [-0.05, 0) is 25.0 Å². The molecule has 0 unspecified atom stereocenters. The lowest BCUT2D eigenvalue weighted by Crippen LogP contribution is -2.44. The second-order valence-electron chi connectivity index (χ2n) is 6.52. The van der Waals surface area contributed by atoms with Gasteiger partial charge in [-0.2, -0.15) is 0 Å². The fourth-order valence-corrected chi connectivity index (χ4v) is 3.60. The average Bonchev–Trinajstić information content (AvgIpc) is 3.16. The van der Waals surface area contributed by atoms with E-state index in [9.17, 15) is 14.4 Å². The van der Waals surface area contributed by atoms with Crippen molar-refractivity contribution in [1.82, 2.24) is 10.2 Å². The number of hydrogen-bond acceptors (Lipinski definition) is 5. The van der Waals surface area contributed by atoms with Gasteiger partial charge in [0.1, 0.15) is 25.3 Å². The van der Waals surface area contributed by atoms with E-state index in [0.717, 1.165) is 17.7 Å². The Kier molecular flexibility index (Phi) is 3.74. The van der Waals surface area contributed by atoms with E-state index in [1.54, 1.807) is 18.2 Å². The molecule has 2 heterocycles. The van der Waals surface area contributed by atoms with E-state index in [-0.39, 0.29) is 12.5 Å². The Bertz CT molecular complexity index is 742. The number of imide groups is 1. The van der Waals surface area contributed by atoms with Gasteiger partial charge in [0.05, 0.1) is 0 Å². The van der Waals surface area contributed by atoms with Crippen LogP contribution in [0.4, 0.5) is 10.5 Å². The fourth-order valence-electron chi connectivity index (χ4n) is 3.60. The number of amides is 4. The molecule has 25 heavy (non-hydrogen) atoms. The molecule has 0 aromatic heterocycles. The molecule has 4 rings (SSSR count). The number of fused-ring (bicyclic) bond motifs is 1. The maximum atomic E-state index is 12.5. The van der Waals surface area contributed by atoms with Gasteiger partial charge in [-0.1, -0.05) is 12.8 Å². The summed E-state index contributed by atoms with van der Waals surface area (Å²) in [7, 11) is 0. The summed E-state index contributed by atoms with van der Waals surface area (Å²) < 4.78 is 10.9.